The predicted molar refractivity (Wildman–Crippen MR) is 107 cm³/mol. The zero-order valence-corrected chi connectivity index (χ0v) is 16.5. The molecule has 0 amide bonds. The van der Waals surface area contributed by atoms with Gasteiger partial charge in [-0.2, -0.15) is 20.1 Å². The van der Waals surface area contributed by atoms with E-state index in [1.54, 1.807) is 17.6 Å². The number of hydrazone groups is 1. The molecule has 0 atom stereocenters. The minimum Gasteiger partial charge on any atom is -0.462 e. The van der Waals surface area contributed by atoms with Crippen LogP contribution >= 0.6 is 11.3 Å². The van der Waals surface area contributed by atoms with Crippen molar-refractivity contribution in [2.75, 3.05) is 56.8 Å². The van der Waals surface area contributed by atoms with Gasteiger partial charge in [-0.15, -0.1) is 11.3 Å². The molecule has 27 heavy (non-hydrogen) atoms. The first-order valence-electron chi connectivity index (χ1n) is 9.02. The van der Waals surface area contributed by atoms with E-state index >= 15 is 0 Å². The van der Waals surface area contributed by atoms with Gasteiger partial charge >= 0.3 is 6.01 Å². The van der Waals surface area contributed by atoms with Gasteiger partial charge in [0.05, 0.1) is 19.4 Å². The monoisotopic (exact) mass is 391 g/mol. The van der Waals surface area contributed by atoms with Crippen molar-refractivity contribution >= 4 is 28.5 Å². The topological polar surface area (TPSA) is 96.8 Å². The van der Waals surface area contributed by atoms with Crippen LogP contribution in [0.25, 0.3) is 0 Å². The summed E-state index contributed by atoms with van der Waals surface area (Å²) in [5.41, 5.74) is 3.02. The Morgan fingerprint density at radius 2 is 2.15 bits per heavy atom. The first kappa shape index (κ1) is 19.5. The third-order valence-corrected chi connectivity index (χ3v) is 5.00. The molecule has 0 radical (unpaired) electrons. The van der Waals surface area contributed by atoms with Gasteiger partial charge in [0, 0.05) is 24.5 Å². The highest BCUT2D eigenvalue weighted by atomic mass is 32.1. The second-order valence-electron chi connectivity index (χ2n) is 5.82. The maximum Gasteiger partial charge on any atom is 0.321 e. The fraction of sp³-hybridized carbons (Fsp3) is 0.529. The molecule has 0 spiro atoms. The number of aryl methyl sites for hydroxylation is 1. The van der Waals surface area contributed by atoms with Crippen LogP contribution in [0.3, 0.4) is 0 Å². The Labute approximate surface area is 162 Å². The Morgan fingerprint density at radius 1 is 1.30 bits per heavy atom. The molecule has 10 heteroatoms. The Balaban J connectivity index is 1.72. The summed E-state index contributed by atoms with van der Waals surface area (Å²) in [6, 6.07) is 4.41. The summed E-state index contributed by atoms with van der Waals surface area (Å²) in [7, 11) is 1.87. The third-order valence-electron chi connectivity index (χ3n) is 3.86. The number of thiophene rings is 1. The summed E-state index contributed by atoms with van der Waals surface area (Å²) < 4.78 is 11.0. The molecular formula is C17H25N7O2S. The van der Waals surface area contributed by atoms with E-state index in [9.17, 15) is 0 Å². The highest BCUT2D eigenvalue weighted by Gasteiger charge is 2.16. The average Bonchev–Trinajstić information content (AvgIpc) is 3.17. The molecule has 0 unspecified atom stereocenters. The fourth-order valence-electron chi connectivity index (χ4n) is 2.41. The van der Waals surface area contributed by atoms with Crippen LogP contribution in [0, 0.1) is 0 Å². The lowest BCUT2D eigenvalue weighted by molar-refractivity contribution is 0.122. The molecule has 146 valence electrons. The van der Waals surface area contributed by atoms with Crippen molar-refractivity contribution in [2.45, 2.75) is 13.3 Å². The Morgan fingerprint density at radius 3 is 2.89 bits per heavy atom. The van der Waals surface area contributed by atoms with Gasteiger partial charge in [-0.25, -0.2) is 0 Å². The van der Waals surface area contributed by atoms with Crippen LogP contribution < -0.4 is 20.4 Å². The standard InChI is InChI=1S/C17H25N7O2S/c1-3-13-4-5-15(27-13)23-19-12-14-20-16(24-7-10-25-11-8-24)22-17(21-14)26-9-6-18-2/h4-5,12,18,23H,3,6-11H2,1-2H3/b19-12+. The Kier molecular flexibility index (Phi) is 7.31. The second kappa shape index (κ2) is 10.1. The van der Waals surface area contributed by atoms with Crippen molar-refractivity contribution in [1.82, 2.24) is 20.3 Å². The van der Waals surface area contributed by atoms with E-state index in [0.717, 1.165) is 24.5 Å². The number of likely N-dealkylation sites (N-methyl/N-ethyl adjacent to an activating group) is 1. The Hall–Kier alpha value is -2.30. The highest BCUT2D eigenvalue weighted by molar-refractivity contribution is 7.16. The number of rotatable bonds is 9. The summed E-state index contributed by atoms with van der Waals surface area (Å²) in [6.07, 6.45) is 2.60. The fourth-order valence-corrected chi connectivity index (χ4v) is 3.21. The summed E-state index contributed by atoms with van der Waals surface area (Å²) in [6.45, 7) is 6.12. The molecule has 1 aliphatic rings. The van der Waals surface area contributed by atoms with Gasteiger partial charge in [-0.05, 0) is 25.6 Å². The number of nitrogens with one attached hydrogen (secondary N) is 2. The van der Waals surface area contributed by atoms with Crippen molar-refractivity contribution in [2.24, 2.45) is 5.10 Å². The zero-order valence-electron chi connectivity index (χ0n) is 15.6. The van der Waals surface area contributed by atoms with E-state index in [2.05, 4.69) is 48.7 Å². The summed E-state index contributed by atoms with van der Waals surface area (Å²) in [5.74, 6) is 1.03. The maximum atomic E-state index is 5.64. The largest absolute Gasteiger partial charge is 0.462 e. The lowest BCUT2D eigenvalue weighted by Gasteiger charge is -2.26. The molecule has 1 saturated heterocycles. The average molecular weight is 392 g/mol. The van der Waals surface area contributed by atoms with Crippen molar-refractivity contribution in [3.63, 3.8) is 0 Å². The lowest BCUT2D eigenvalue weighted by atomic mass is 10.4. The van der Waals surface area contributed by atoms with Crippen LogP contribution in [0.15, 0.2) is 17.2 Å². The quantitative estimate of drug-likeness (QED) is 0.376. The molecule has 2 aromatic heterocycles. The van der Waals surface area contributed by atoms with E-state index in [0.29, 0.717) is 44.1 Å². The first-order chi connectivity index (χ1) is 13.3. The second-order valence-corrected chi connectivity index (χ2v) is 6.99. The van der Waals surface area contributed by atoms with Crippen molar-refractivity contribution in [1.29, 1.82) is 0 Å². The van der Waals surface area contributed by atoms with Crippen LogP contribution in [0.5, 0.6) is 6.01 Å². The number of nitrogens with zero attached hydrogens (tertiary/aromatic N) is 5. The molecule has 0 saturated carbocycles. The van der Waals surface area contributed by atoms with Crippen LogP contribution in [0.1, 0.15) is 17.6 Å². The summed E-state index contributed by atoms with van der Waals surface area (Å²) in [5, 5.41) is 8.27. The first-order valence-corrected chi connectivity index (χ1v) is 9.84. The normalized spacial score (nSPS) is 14.7. The van der Waals surface area contributed by atoms with Gasteiger partial charge in [0.2, 0.25) is 5.95 Å². The van der Waals surface area contributed by atoms with E-state index in [-0.39, 0.29) is 0 Å². The molecule has 2 aromatic rings. The van der Waals surface area contributed by atoms with Crippen molar-refractivity contribution in [3.8, 4) is 6.01 Å². The van der Waals surface area contributed by atoms with Crippen LogP contribution in [-0.2, 0) is 11.2 Å². The SMILES string of the molecule is CCc1ccc(N/N=C/c2nc(OCCNC)nc(N3CCOCC3)n2)s1. The molecule has 1 fully saturated rings. The molecule has 1 aliphatic heterocycles. The molecule has 9 nitrogen and oxygen atoms in total. The summed E-state index contributed by atoms with van der Waals surface area (Å²) >= 11 is 1.68. The molecular weight excluding hydrogens is 366 g/mol. The van der Waals surface area contributed by atoms with Crippen LogP contribution in [-0.4, -0.2) is 67.7 Å². The van der Waals surface area contributed by atoms with E-state index in [1.165, 1.54) is 4.88 Å². The number of morpholine rings is 1. The van der Waals surface area contributed by atoms with Gasteiger partial charge in [0.1, 0.15) is 11.6 Å². The summed E-state index contributed by atoms with van der Waals surface area (Å²) in [4.78, 5) is 16.6. The smallest absolute Gasteiger partial charge is 0.321 e. The van der Waals surface area contributed by atoms with Gasteiger partial charge in [-0.3, -0.25) is 5.43 Å². The number of hydrogen-bond donors (Lipinski definition) is 2. The van der Waals surface area contributed by atoms with Crippen LogP contribution in [0.2, 0.25) is 0 Å². The molecule has 3 rings (SSSR count). The van der Waals surface area contributed by atoms with Gasteiger partial charge in [0.25, 0.3) is 0 Å². The minimum absolute atomic E-state index is 0.299. The van der Waals surface area contributed by atoms with Gasteiger partial charge in [-0.1, -0.05) is 6.92 Å². The molecule has 0 bridgehead atoms. The van der Waals surface area contributed by atoms with Gasteiger partial charge < -0.3 is 19.7 Å². The number of aromatic nitrogens is 3. The molecule has 2 N–H and O–H groups in total. The lowest BCUT2D eigenvalue weighted by Crippen LogP contribution is -2.37. The van der Waals surface area contributed by atoms with E-state index in [1.807, 2.05) is 13.1 Å². The molecule has 0 aromatic carbocycles. The van der Waals surface area contributed by atoms with Gasteiger partial charge in [0.15, 0.2) is 5.82 Å². The van der Waals surface area contributed by atoms with E-state index < -0.39 is 0 Å². The number of hydrogen-bond acceptors (Lipinski definition) is 10. The van der Waals surface area contributed by atoms with Crippen molar-refractivity contribution < 1.29 is 9.47 Å². The van der Waals surface area contributed by atoms with Crippen molar-refractivity contribution in [3.05, 3.63) is 22.8 Å². The maximum absolute atomic E-state index is 5.64. The number of anilines is 2. The molecule has 3 heterocycles. The third kappa shape index (κ3) is 5.84. The van der Waals surface area contributed by atoms with Crippen LogP contribution in [0.4, 0.5) is 10.9 Å². The van der Waals surface area contributed by atoms with E-state index in [4.69, 9.17) is 9.47 Å². The highest BCUT2D eigenvalue weighted by Crippen LogP contribution is 2.22. The predicted octanol–water partition coefficient (Wildman–Crippen LogP) is 1.38. The zero-order chi connectivity index (χ0) is 18.9. The molecule has 0 aliphatic carbocycles. The minimum atomic E-state index is 0.299. The Bertz CT molecular complexity index is 747. The number of ether oxygens (including phenoxy) is 2.